The summed E-state index contributed by atoms with van der Waals surface area (Å²) in [6.07, 6.45) is -0.750. The van der Waals surface area contributed by atoms with E-state index in [0.717, 1.165) is 5.56 Å². The fourth-order valence-electron chi connectivity index (χ4n) is 3.59. The molecule has 1 amide bonds. The molecule has 0 unspecified atom stereocenters. The lowest BCUT2D eigenvalue weighted by molar-refractivity contribution is -0.136. The summed E-state index contributed by atoms with van der Waals surface area (Å²) in [5.74, 6) is -0.888. The molecule has 0 aliphatic heterocycles. The topological polar surface area (TPSA) is 76.1 Å². The van der Waals surface area contributed by atoms with Crippen molar-refractivity contribution in [2.45, 2.75) is 26.5 Å². The molecule has 0 aliphatic rings. The molecule has 0 heterocycles. The average molecular weight is 451 g/mol. The first-order valence-corrected chi connectivity index (χ1v) is 10.5. The number of amides is 1. The van der Waals surface area contributed by atoms with Crippen molar-refractivity contribution in [1.82, 2.24) is 4.90 Å². The summed E-state index contributed by atoms with van der Waals surface area (Å²) >= 11 is 0. The maximum absolute atomic E-state index is 13.6. The van der Waals surface area contributed by atoms with Gasteiger partial charge in [-0.05, 0) is 47.4 Å². The first-order valence-electron chi connectivity index (χ1n) is 10.5. The third-order valence-corrected chi connectivity index (χ3v) is 5.26. The second-order valence-corrected chi connectivity index (χ2v) is 7.41. The van der Waals surface area contributed by atoms with Gasteiger partial charge in [0.1, 0.15) is 18.2 Å². The van der Waals surface area contributed by atoms with Crippen molar-refractivity contribution < 1.29 is 28.6 Å². The lowest BCUT2D eigenvalue weighted by Gasteiger charge is -2.25. The number of ether oxygens (including phenoxy) is 2. The van der Waals surface area contributed by atoms with Crippen LogP contribution in [0.5, 0.6) is 5.75 Å². The number of carbonyl (C=O) groups is 2. The van der Waals surface area contributed by atoms with Gasteiger partial charge in [-0.15, -0.1) is 0 Å². The highest BCUT2D eigenvalue weighted by molar-refractivity contribution is 5.79. The molecule has 7 heteroatoms. The van der Waals surface area contributed by atoms with Crippen molar-refractivity contribution in [1.29, 1.82) is 0 Å². The number of carboxylic acid groups (broad SMARTS) is 1. The Hall–Kier alpha value is -3.87. The van der Waals surface area contributed by atoms with Gasteiger partial charge in [0.15, 0.2) is 0 Å². The first kappa shape index (κ1) is 23.8. The molecule has 0 aliphatic carbocycles. The molecule has 0 atom stereocenters. The second-order valence-electron chi connectivity index (χ2n) is 7.41. The Labute approximate surface area is 192 Å². The van der Waals surface area contributed by atoms with Crippen LogP contribution in [0.2, 0.25) is 0 Å². The molecule has 0 radical (unpaired) electrons. The van der Waals surface area contributed by atoms with E-state index in [2.05, 4.69) is 0 Å². The minimum atomic E-state index is -0.999. The number of hydrogen-bond donors (Lipinski definition) is 1. The van der Waals surface area contributed by atoms with E-state index in [1.165, 1.54) is 24.1 Å². The van der Waals surface area contributed by atoms with E-state index < -0.39 is 12.1 Å². The molecule has 0 fully saturated rings. The molecule has 0 aromatic heterocycles. The van der Waals surface area contributed by atoms with Gasteiger partial charge in [0.2, 0.25) is 0 Å². The van der Waals surface area contributed by atoms with Crippen LogP contribution in [-0.2, 0) is 29.1 Å². The fourth-order valence-corrected chi connectivity index (χ4v) is 3.59. The van der Waals surface area contributed by atoms with E-state index in [1.807, 2.05) is 37.3 Å². The van der Waals surface area contributed by atoms with Gasteiger partial charge in [-0.3, -0.25) is 4.79 Å². The van der Waals surface area contributed by atoms with E-state index in [-0.39, 0.29) is 25.4 Å². The fraction of sp³-hybridized carbons (Fsp3) is 0.231. The van der Waals surface area contributed by atoms with Crippen molar-refractivity contribution in [3.8, 4) is 16.9 Å². The number of carboxylic acids is 1. The van der Waals surface area contributed by atoms with E-state index >= 15 is 0 Å². The maximum Gasteiger partial charge on any atom is 0.410 e. The molecule has 0 saturated heterocycles. The van der Waals surface area contributed by atoms with Gasteiger partial charge in [-0.1, -0.05) is 48.5 Å². The molecule has 33 heavy (non-hydrogen) atoms. The number of hydrogen-bond acceptors (Lipinski definition) is 4. The average Bonchev–Trinajstić information content (AvgIpc) is 2.82. The van der Waals surface area contributed by atoms with Crippen LogP contribution in [0.4, 0.5) is 9.18 Å². The van der Waals surface area contributed by atoms with Crippen LogP contribution < -0.4 is 4.74 Å². The van der Waals surface area contributed by atoms with Crippen LogP contribution in [0.3, 0.4) is 0 Å². The van der Waals surface area contributed by atoms with Crippen molar-refractivity contribution in [2.24, 2.45) is 0 Å². The van der Waals surface area contributed by atoms with Gasteiger partial charge in [-0.25, -0.2) is 9.18 Å². The Balaban J connectivity index is 1.98. The SMILES string of the molecule is CCN(Cc1c(CC(=O)O)ccc(OC)c1-c1ccc(F)cc1)C(=O)OCc1ccccc1. The summed E-state index contributed by atoms with van der Waals surface area (Å²) in [5, 5.41) is 9.44. The third-order valence-electron chi connectivity index (χ3n) is 5.26. The van der Waals surface area contributed by atoms with Gasteiger partial charge in [0, 0.05) is 12.1 Å². The summed E-state index contributed by atoms with van der Waals surface area (Å²) in [6, 6.07) is 18.6. The van der Waals surface area contributed by atoms with Crippen LogP contribution in [0.15, 0.2) is 66.7 Å². The summed E-state index contributed by atoms with van der Waals surface area (Å²) in [4.78, 5) is 25.9. The summed E-state index contributed by atoms with van der Waals surface area (Å²) in [6.45, 7) is 2.40. The standard InChI is InChI=1S/C26H26FNO5/c1-3-28(26(31)33-17-18-7-5-4-6-8-18)16-22-20(15-24(29)30)11-14-23(32-2)25(22)19-9-12-21(27)13-10-19/h4-14H,3,15-17H2,1-2H3,(H,29,30). The van der Waals surface area contributed by atoms with E-state index in [0.29, 0.717) is 34.5 Å². The van der Waals surface area contributed by atoms with Crippen molar-refractivity contribution in [3.05, 3.63) is 89.2 Å². The number of carbonyl (C=O) groups excluding carboxylic acids is 1. The van der Waals surface area contributed by atoms with Crippen LogP contribution in [-0.4, -0.2) is 35.7 Å². The van der Waals surface area contributed by atoms with Crippen LogP contribution in [0.25, 0.3) is 11.1 Å². The number of halogens is 1. The Morgan fingerprint density at radius 3 is 2.30 bits per heavy atom. The Morgan fingerprint density at radius 2 is 1.70 bits per heavy atom. The van der Waals surface area contributed by atoms with Gasteiger partial charge >= 0.3 is 12.1 Å². The number of nitrogens with zero attached hydrogens (tertiary/aromatic N) is 1. The monoisotopic (exact) mass is 451 g/mol. The molecule has 1 N–H and O–H groups in total. The van der Waals surface area contributed by atoms with Gasteiger partial charge in [0.05, 0.1) is 20.1 Å². The summed E-state index contributed by atoms with van der Waals surface area (Å²) in [7, 11) is 1.51. The molecule has 3 aromatic carbocycles. The zero-order chi connectivity index (χ0) is 23.8. The van der Waals surface area contributed by atoms with Gasteiger partial charge in [0.25, 0.3) is 0 Å². The van der Waals surface area contributed by atoms with Gasteiger partial charge < -0.3 is 19.5 Å². The van der Waals surface area contributed by atoms with Crippen LogP contribution in [0.1, 0.15) is 23.6 Å². The van der Waals surface area contributed by atoms with E-state index in [1.54, 1.807) is 24.3 Å². The minimum absolute atomic E-state index is 0.108. The Bertz CT molecular complexity index is 1100. The second kappa shape index (κ2) is 11.1. The molecular formula is C26H26FNO5. The van der Waals surface area contributed by atoms with Crippen LogP contribution >= 0.6 is 0 Å². The molecule has 0 saturated carbocycles. The molecule has 172 valence electrons. The van der Waals surface area contributed by atoms with E-state index in [4.69, 9.17) is 9.47 Å². The molecule has 0 spiro atoms. The largest absolute Gasteiger partial charge is 0.496 e. The quantitative estimate of drug-likeness (QED) is 0.479. The maximum atomic E-state index is 13.6. The normalized spacial score (nSPS) is 10.5. The smallest absolute Gasteiger partial charge is 0.410 e. The Morgan fingerprint density at radius 1 is 1.00 bits per heavy atom. The number of benzene rings is 3. The summed E-state index contributed by atoms with van der Waals surface area (Å²) < 4.78 is 24.6. The molecule has 6 nitrogen and oxygen atoms in total. The molecule has 3 aromatic rings. The highest BCUT2D eigenvalue weighted by atomic mass is 19.1. The molecular weight excluding hydrogens is 425 g/mol. The highest BCUT2D eigenvalue weighted by Crippen LogP contribution is 2.37. The van der Waals surface area contributed by atoms with Crippen molar-refractivity contribution in [3.63, 3.8) is 0 Å². The zero-order valence-electron chi connectivity index (χ0n) is 18.6. The summed E-state index contributed by atoms with van der Waals surface area (Å²) in [5.41, 5.74) is 3.29. The predicted molar refractivity (Wildman–Crippen MR) is 122 cm³/mol. The first-order chi connectivity index (χ1) is 15.9. The molecule has 3 rings (SSSR count). The van der Waals surface area contributed by atoms with Crippen molar-refractivity contribution >= 4 is 12.1 Å². The highest BCUT2D eigenvalue weighted by Gasteiger charge is 2.22. The van der Waals surface area contributed by atoms with E-state index in [9.17, 15) is 19.1 Å². The Kier molecular flexibility index (Phi) is 8.02. The number of aliphatic carboxylic acids is 1. The molecule has 0 bridgehead atoms. The number of methoxy groups -OCH3 is 1. The minimum Gasteiger partial charge on any atom is -0.496 e. The predicted octanol–water partition coefficient (Wildman–Crippen LogP) is 5.29. The van der Waals surface area contributed by atoms with Crippen LogP contribution in [0, 0.1) is 5.82 Å². The third kappa shape index (κ3) is 6.10. The zero-order valence-corrected chi connectivity index (χ0v) is 18.6. The van der Waals surface area contributed by atoms with Gasteiger partial charge in [-0.2, -0.15) is 0 Å². The van der Waals surface area contributed by atoms with Crippen molar-refractivity contribution in [2.75, 3.05) is 13.7 Å². The lowest BCUT2D eigenvalue weighted by atomic mass is 9.92. The lowest BCUT2D eigenvalue weighted by Crippen LogP contribution is -2.31. The number of rotatable bonds is 9.